The van der Waals surface area contributed by atoms with E-state index in [0.717, 1.165) is 44.2 Å². The Morgan fingerprint density at radius 1 is 0.800 bits per heavy atom. The summed E-state index contributed by atoms with van der Waals surface area (Å²) in [4.78, 5) is 85.0. The number of sulfonamides is 1. The summed E-state index contributed by atoms with van der Waals surface area (Å²) in [6.45, 7) is 9.20. The number of methoxy groups -OCH3 is 2. The molecule has 2 aliphatic rings. The van der Waals surface area contributed by atoms with Crippen LogP contribution in [0.15, 0.2) is 87.5 Å². The van der Waals surface area contributed by atoms with Crippen LogP contribution in [0.4, 0.5) is 23.1 Å². The third-order valence-corrected chi connectivity index (χ3v) is 16.7. The van der Waals surface area contributed by atoms with E-state index in [2.05, 4.69) is 30.2 Å². The molecule has 0 spiro atoms. The zero-order valence-electron chi connectivity index (χ0n) is 49.4. The van der Waals surface area contributed by atoms with Crippen molar-refractivity contribution in [3.05, 3.63) is 105 Å². The van der Waals surface area contributed by atoms with Crippen molar-refractivity contribution in [3.8, 4) is 34.5 Å². The van der Waals surface area contributed by atoms with Crippen molar-refractivity contribution in [2.75, 3.05) is 95.2 Å². The van der Waals surface area contributed by atoms with Crippen molar-refractivity contribution >= 4 is 72.8 Å². The van der Waals surface area contributed by atoms with E-state index >= 15 is 0 Å². The van der Waals surface area contributed by atoms with E-state index in [-0.39, 0.29) is 82.0 Å². The molecule has 1 aliphatic carbocycles. The predicted molar refractivity (Wildman–Crippen MR) is 323 cm³/mol. The number of carbonyl (C=O) groups excluding carboxylic acids is 3. The number of fused-ring (bicyclic) bond motifs is 2. The summed E-state index contributed by atoms with van der Waals surface area (Å²) in [5.41, 5.74) is 2.60. The number of aromatic nitrogens is 6. The van der Waals surface area contributed by atoms with Crippen molar-refractivity contribution in [2.24, 2.45) is 14.1 Å². The Bertz CT molecular complexity index is 3830. The van der Waals surface area contributed by atoms with Crippen molar-refractivity contribution < 1.29 is 46.5 Å². The van der Waals surface area contributed by atoms with Gasteiger partial charge in [-0.05, 0) is 95.4 Å². The Labute approximate surface area is 493 Å². The Hall–Kier alpha value is -8.71. The highest BCUT2D eigenvalue weighted by Gasteiger charge is 2.28. The molecule has 1 aliphatic heterocycles. The Kier molecular flexibility index (Phi) is 19.3. The summed E-state index contributed by atoms with van der Waals surface area (Å²) in [6.07, 6.45) is 9.44. The number of ketones is 1. The average molecular weight is 1190 g/mol. The van der Waals surface area contributed by atoms with Gasteiger partial charge in [-0.15, -0.1) is 0 Å². The smallest absolute Gasteiger partial charge is 0.328 e. The fourth-order valence-electron chi connectivity index (χ4n) is 10.8. The van der Waals surface area contributed by atoms with Crippen LogP contribution >= 0.6 is 0 Å². The molecule has 1 saturated heterocycles. The maximum Gasteiger partial charge on any atom is 0.328 e. The van der Waals surface area contributed by atoms with Crippen LogP contribution < -0.4 is 55.2 Å². The predicted octanol–water partition coefficient (Wildman–Crippen LogP) is 7.09. The first-order valence-electron chi connectivity index (χ1n) is 28.5. The van der Waals surface area contributed by atoms with Crippen LogP contribution in [0.5, 0.6) is 34.5 Å². The van der Waals surface area contributed by atoms with Gasteiger partial charge in [0.15, 0.2) is 23.0 Å². The van der Waals surface area contributed by atoms with Gasteiger partial charge in [0, 0.05) is 101 Å². The number of nitrogens with one attached hydrogen (secondary N) is 3. The number of Topliss-reactive ketones (excluding diaryl/α,β-unsaturated/α-hetero) is 1. The number of amides is 2. The van der Waals surface area contributed by atoms with E-state index in [1.807, 2.05) is 35.9 Å². The minimum atomic E-state index is -4.23. The lowest BCUT2D eigenvalue weighted by atomic mass is 10.0. The molecule has 452 valence electrons. The standard InChI is InChI=1S/C60H74N12O12S/c1-9-27-82-42-29-43(31-44(30-42)84-51-34-49-48(68(5)60(77)69(49)6)33-47(51)66-85(78,79)45-17-18-50(80-7)52(32-45)81-8)83-28-13-12-22-67(4)37-54(74)61-21-20-55(75)71-25-23-70(24-26-71)41-16-19-53(62-35-41)64-59-63-36-46-38(2)56(39(3)73)58(76)72(57(46)65-59)40-14-10-11-15-40/h16-19,29-36,40,66H,9-15,20-28,37H2,1-8H3,(H,61,74)(H,62,63,64,65). The number of benzene rings is 3. The number of nitrogens with zero attached hydrogens (tertiary/aromatic N) is 9. The van der Waals surface area contributed by atoms with E-state index in [1.54, 1.807) is 68.3 Å². The van der Waals surface area contributed by atoms with Crippen molar-refractivity contribution in [1.29, 1.82) is 0 Å². The molecule has 1 saturated carbocycles. The van der Waals surface area contributed by atoms with E-state index in [0.29, 0.717) is 115 Å². The molecule has 24 nitrogen and oxygen atoms in total. The van der Waals surface area contributed by atoms with Crippen molar-refractivity contribution in [3.63, 3.8) is 0 Å². The van der Waals surface area contributed by atoms with E-state index in [1.165, 1.54) is 48.5 Å². The zero-order valence-corrected chi connectivity index (χ0v) is 50.2. The third-order valence-electron chi connectivity index (χ3n) is 15.4. The zero-order chi connectivity index (χ0) is 60.5. The van der Waals surface area contributed by atoms with Crippen LogP contribution in [0.25, 0.3) is 22.1 Å². The first-order chi connectivity index (χ1) is 40.9. The number of unbranched alkanes of at least 4 members (excludes halogenated alkanes) is 1. The number of aryl methyl sites for hydroxylation is 3. The summed E-state index contributed by atoms with van der Waals surface area (Å²) >= 11 is 0. The molecule has 85 heavy (non-hydrogen) atoms. The fraction of sp³-hybridized carbons (Fsp3) is 0.433. The molecular formula is C60H74N12O12S. The Balaban J connectivity index is 0.717. The molecule has 3 aromatic carbocycles. The van der Waals surface area contributed by atoms with Crippen molar-refractivity contribution in [1.82, 2.24) is 43.8 Å². The lowest BCUT2D eigenvalue weighted by Gasteiger charge is -2.36. The summed E-state index contributed by atoms with van der Waals surface area (Å²) in [7, 11) is 3.72. The number of hydrogen-bond donors (Lipinski definition) is 3. The molecule has 3 N–H and O–H groups in total. The topological polar surface area (TPSA) is 265 Å². The number of anilines is 4. The maximum absolute atomic E-state index is 13.9. The van der Waals surface area contributed by atoms with Gasteiger partial charge in [0.25, 0.3) is 15.6 Å². The second kappa shape index (κ2) is 26.9. The van der Waals surface area contributed by atoms with E-state index in [9.17, 15) is 32.4 Å². The van der Waals surface area contributed by atoms with Crippen molar-refractivity contribution in [2.45, 2.75) is 83.1 Å². The molecular weight excluding hydrogens is 1110 g/mol. The van der Waals surface area contributed by atoms with E-state index < -0.39 is 10.0 Å². The molecule has 4 aromatic heterocycles. The number of pyridine rings is 2. The van der Waals surface area contributed by atoms with Gasteiger partial charge in [-0.25, -0.2) is 23.2 Å². The first-order valence-corrected chi connectivity index (χ1v) is 30.0. The van der Waals surface area contributed by atoms with E-state index in [4.69, 9.17) is 28.7 Å². The minimum Gasteiger partial charge on any atom is -0.493 e. The SMILES string of the molecule is CCCOc1cc(OCCCCN(C)CC(=O)NCCC(=O)N2CCN(c3ccc(Nc4ncc5c(C)c(C(C)=O)c(=O)n(C6CCCC6)c5n4)nc3)CC2)cc(Oc2cc3c(cc2NS(=O)(=O)c2ccc(OC)c(OC)c2)n(C)c(=O)n3C)c1. The number of ether oxygens (including phenoxy) is 5. The highest BCUT2D eigenvalue weighted by molar-refractivity contribution is 7.92. The summed E-state index contributed by atoms with van der Waals surface area (Å²) < 4.78 is 64.2. The molecule has 9 rings (SSSR count). The second-order valence-corrected chi connectivity index (χ2v) is 23.0. The molecule has 2 fully saturated rings. The highest BCUT2D eigenvalue weighted by atomic mass is 32.2. The number of piperazine rings is 1. The molecule has 25 heteroatoms. The average Bonchev–Trinajstić information content (AvgIpc) is 2.58. The molecule has 0 bridgehead atoms. The highest BCUT2D eigenvalue weighted by Crippen LogP contribution is 2.39. The van der Waals surface area contributed by atoms with Crippen LogP contribution in [0.1, 0.15) is 87.2 Å². The number of rotatable bonds is 26. The van der Waals surface area contributed by atoms with Crippen LogP contribution in [-0.2, 0) is 33.7 Å². The minimum absolute atomic E-state index is 0.0299. The normalized spacial score (nSPS) is 13.8. The third kappa shape index (κ3) is 14.1. The van der Waals surface area contributed by atoms with Gasteiger partial charge in [-0.1, -0.05) is 19.8 Å². The summed E-state index contributed by atoms with van der Waals surface area (Å²) in [5.74, 6) is 2.26. The number of carbonyl (C=O) groups is 3. The molecule has 7 aromatic rings. The first kappa shape index (κ1) is 60.9. The van der Waals surface area contributed by atoms with Crippen LogP contribution in [0.3, 0.4) is 0 Å². The monoisotopic (exact) mass is 1190 g/mol. The van der Waals surface area contributed by atoms with Gasteiger partial charge in [0.1, 0.15) is 28.7 Å². The molecule has 5 heterocycles. The molecule has 2 amide bonds. The number of likely N-dealkylation sites (N-methyl/N-ethyl adjacent to an activating group) is 1. The maximum atomic E-state index is 13.9. The molecule has 0 atom stereocenters. The second-order valence-electron chi connectivity index (χ2n) is 21.3. The summed E-state index contributed by atoms with van der Waals surface area (Å²) in [5, 5.41) is 6.74. The van der Waals surface area contributed by atoms with Gasteiger partial charge in [0.05, 0.1) is 73.0 Å². The van der Waals surface area contributed by atoms with Gasteiger partial charge in [-0.3, -0.25) is 42.5 Å². The Morgan fingerprint density at radius 2 is 1.49 bits per heavy atom. The Morgan fingerprint density at radius 3 is 2.16 bits per heavy atom. The number of hydrogen-bond acceptors (Lipinski definition) is 18. The fourth-order valence-corrected chi connectivity index (χ4v) is 11.9. The van der Waals surface area contributed by atoms with Gasteiger partial charge in [-0.2, -0.15) is 4.98 Å². The molecule has 0 unspecified atom stereocenters. The molecule has 0 radical (unpaired) electrons. The van der Waals surface area contributed by atoms with Crippen LogP contribution in [0, 0.1) is 6.92 Å². The van der Waals surface area contributed by atoms with Gasteiger partial charge < -0.3 is 44.1 Å². The van der Waals surface area contributed by atoms with Gasteiger partial charge >= 0.3 is 5.69 Å². The number of imidazole rings is 1. The summed E-state index contributed by atoms with van der Waals surface area (Å²) in [6, 6.07) is 16.2. The largest absolute Gasteiger partial charge is 0.493 e. The quantitative estimate of drug-likeness (QED) is 0.0361. The lowest BCUT2D eigenvalue weighted by Crippen LogP contribution is -2.49. The van der Waals surface area contributed by atoms with Gasteiger partial charge in [0.2, 0.25) is 17.8 Å². The van der Waals surface area contributed by atoms with Crippen LogP contribution in [0.2, 0.25) is 0 Å². The van der Waals surface area contributed by atoms with Crippen LogP contribution in [-0.4, -0.2) is 145 Å². The lowest BCUT2D eigenvalue weighted by molar-refractivity contribution is -0.131.